The summed E-state index contributed by atoms with van der Waals surface area (Å²) in [5, 5.41) is 39.1. The molecule has 1 fully saturated rings. The molecule has 2 N–H and O–H groups in total. The predicted molar refractivity (Wildman–Crippen MR) is 241 cm³/mol. The Morgan fingerprint density at radius 1 is 0.317 bits per heavy atom. The molecule has 2 atom stereocenters. The average molecular weight is 775 g/mol. The third kappa shape index (κ3) is 4.28. The van der Waals surface area contributed by atoms with Crippen molar-refractivity contribution in [2.24, 2.45) is 0 Å². The summed E-state index contributed by atoms with van der Waals surface area (Å²) >= 11 is 0. The first-order valence-electron chi connectivity index (χ1n) is 20.8. The predicted octanol–water partition coefficient (Wildman–Crippen LogP) is 12.2. The second-order valence-electron chi connectivity index (χ2n) is 16.9. The monoisotopic (exact) mass is 774 g/mol. The molecule has 286 valence electrons. The number of aliphatic hydroxyl groups is 2. The molecule has 0 saturated carbocycles. The lowest BCUT2D eigenvalue weighted by molar-refractivity contribution is -0.191. The van der Waals surface area contributed by atoms with Crippen LogP contribution >= 0.6 is 0 Å². The van der Waals surface area contributed by atoms with E-state index in [9.17, 15) is 10.2 Å². The Balaban J connectivity index is 1.14. The van der Waals surface area contributed by atoms with Gasteiger partial charge in [-0.2, -0.15) is 0 Å². The first-order chi connectivity index (χ1) is 29.4. The van der Waals surface area contributed by atoms with Crippen LogP contribution in [0.4, 0.5) is 0 Å². The van der Waals surface area contributed by atoms with Crippen LogP contribution in [0.2, 0.25) is 0 Å². The van der Waals surface area contributed by atoms with E-state index < -0.39 is 29.2 Å². The zero-order valence-corrected chi connectivity index (χ0v) is 32.8. The van der Waals surface area contributed by atoms with Crippen LogP contribution in [0, 0.1) is 0 Å². The molecule has 1 aliphatic heterocycles. The molecule has 3 aliphatic rings. The normalized spacial score (nSPS) is 19.2. The fourth-order valence-corrected chi connectivity index (χ4v) is 11.3. The standard InChI is InChI=1S/C56H38O4/c1-54(43-24-12-18-33-13-2-7-19-38(33)43)59-52(55(57)44-29-25-34-14-3-8-20-39(34)48(44)49-40-21-9-4-15-35(40)26-30-45(49)55)53(60-54)56(58)46-31-27-36-16-5-10-22-41(36)50(46)51-42-23-11-6-17-37(42)28-32-47(51)56/h2-32,52-53,57-58H,1H3/t52-,53-/m1/s1. The summed E-state index contributed by atoms with van der Waals surface area (Å²) < 4.78 is 15.1. The highest BCUT2D eigenvalue weighted by Gasteiger charge is 2.66. The van der Waals surface area contributed by atoms with E-state index in [-0.39, 0.29) is 0 Å². The van der Waals surface area contributed by atoms with Gasteiger partial charge in [0.2, 0.25) is 0 Å². The molecule has 4 nitrogen and oxygen atoms in total. The Kier molecular flexibility index (Phi) is 6.83. The Labute approximate surface area is 346 Å². The first kappa shape index (κ1) is 34.2. The maximum absolute atomic E-state index is 14.3. The van der Waals surface area contributed by atoms with E-state index in [0.717, 1.165) is 104 Å². The largest absolute Gasteiger partial charge is 0.377 e. The van der Waals surface area contributed by atoms with Crippen LogP contribution in [-0.2, 0) is 26.5 Å². The molecule has 2 aliphatic carbocycles. The van der Waals surface area contributed by atoms with Crippen LogP contribution in [0.5, 0.6) is 0 Å². The van der Waals surface area contributed by atoms with Crippen LogP contribution < -0.4 is 0 Å². The molecular formula is C56H38O4. The lowest BCUT2D eigenvalue weighted by atomic mass is 9.74. The van der Waals surface area contributed by atoms with Crippen molar-refractivity contribution >= 4 is 53.9 Å². The molecule has 0 spiro atoms. The van der Waals surface area contributed by atoms with Gasteiger partial charge in [0.25, 0.3) is 0 Å². The number of hydrogen-bond donors (Lipinski definition) is 2. The SMILES string of the molecule is CC1(c2cccc3ccccc23)O[C@@H](C2(O)c3ccc4ccccc4c3-c3c2ccc2ccccc32)[C@H](C2(O)c3ccc4ccccc4c3-c3c2ccc2ccccc32)O1. The molecule has 4 heteroatoms. The molecular weight excluding hydrogens is 737 g/mol. The van der Waals surface area contributed by atoms with Gasteiger partial charge in [0.15, 0.2) is 5.79 Å². The highest BCUT2D eigenvalue weighted by atomic mass is 16.8. The third-order valence-electron chi connectivity index (χ3n) is 13.9. The molecule has 0 unspecified atom stereocenters. The smallest absolute Gasteiger partial charge is 0.193 e. The van der Waals surface area contributed by atoms with Gasteiger partial charge in [-0.1, -0.05) is 188 Å². The zero-order chi connectivity index (χ0) is 40.0. The molecule has 0 amide bonds. The van der Waals surface area contributed by atoms with Gasteiger partial charge in [-0.25, -0.2) is 0 Å². The summed E-state index contributed by atoms with van der Waals surface area (Å²) in [7, 11) is 0. The number of ether oxygens (including phenoxy) is 2. The van der Waals surface area contributed by atoms with Crippen molar-refractivity contribution in [1.82, 2.24) is 0 Å². The van der Waals surface area contributed by atoms with Crippen molar-refractivity contribution in [3.05, 3.63) is 216 Å². The second-order valence-corrected chi connectivity index (χ2v) is 16.9. The van der Waals surface area contributed by atoms with Crippen LogP contribution in [0.15, 0.2) is 188 Å². The van der Waals surface area contributed by atoms with Gasteiger partial charge >= 0.3 is 0 Å². The van der Waals surface area contributed by atoms with E-state index in [1.54, 1.807) is 0 Å². The zero-order valence-electron chi connectivity index (χ0n) is 32.8. The van der Waals surface area contributed by atoms with E-state index in [0.29, 0.717) is 0 Å². The van der Waals surface area contributed by atoms with Gasteiger partial charge in [-0.15, -0.1) is 0 Å². The van der Waals surface area contributed by atoms with E-state index >= 15 is 0 Å². The highest BCUT2D eigenvalue weighted by molar-refractivity contribution is 6.12. The molecule has 10 aromatic rings. The minimum Gasteiger partial charge on any atom is -0.377 e. The van der Waals surface area contributed by atoms with Crippen LogP contribution in [0.25, 0.3) is 76.1 Å². The molecule has 0 radical (unpaired) electrons. The molecule has 60 heavy (non-hydrogen) atoms. The van der Waals surface area contributed by atoms with E-state index in [1.807, 2.05) is 31.2 Å². The lowest BCUT2D eigenvalue weighted by Gasteiger charge is -2.40. The van der Waals surface area contributed by atoms with Crippen molar-refractivity contribution in [3.8, 4) is 22.3 Å². The van der Waals surface area contributed by atoms with Crippen LogP contribution in [-0.4, -0.2) is 22.4 Å². The Hall–Kier alpha value is -6.66. The quantitative estimate of drug-likeness (QED) is 0.188. The summed E-state index contributed by atoms with van der Waals surface area (Å²) in [4.78, 5) is 0. The van der Waals surface area contributed by atoms with Crippen molar-refractivity contribution in [2.45, 2.75) is 36.1 Å². The maximum Gasteiger partial charge on any atom is 0.193 e. The summed E-state index contributed by atoms with van der Waals surface area (Å²) in [6.45, 7) is 1.95. The molecule has 1 heterocycles. The minimum atomic E-state index is -1.77. The number of hydrogen-bond acceptors (Lipinski definition) is 4. The Bertz CT molecular complexity index is 3110. The van der Waals surface area contributed by atoms with Crippen molar-refractivity contribution in [2.75, 3.05) is 0 Å². The molecule has 13 rings (SSSR count). The van der Waals surface area contributed by atoms with E-state index in [4.69, 9.17) is 9.47 Å². The Morgan fingerprint density at radius 2 is 0.600 bits per heavy atom. The first-order valence-corrected chi connectivity index (χ1v) is 20.8. The van der Waals surface area contributed by atoms with Gasteiger partial charge in [0.05, 0.1) is 0 Å². The van der Waals surface area contributed by atoms with Gasteiger partial charge in [0, 0.05) is 5.56 Å². The maximum atomic E-state index is 14.3. The van der Waals surface area contributed by atoms with E-state index in [2.05, 4.69) is 164 Å². The van der Waals surface area contributed by atoms with Crippen LogP contribution in [0.3, 0.4) is 0 Å². The summed E-state index contributed by atoms with van der Waals surface area (Å²) in [5.41, 5.74) is 4.10. The molecule has 0 bridgehead atoms. The van der Waals surface area contributed by atoms with Crippen LogP contribution in [0.1, 0.15) is 34.7 Å². The van der Waals surface area contributed by atoms with Crippen molar-refractivity contribution in [1.29, 1.82) is 0 Å². The topological polar surface area (TPSA) is 58.9 Å². The summed E-state index contributed by atoms with van der Waals surface area (Å²) in [6, 6.07) is 64.5. The van der Waals surface area contributed by atoms with Gasteiger partial charge in [-0.05, 0) is 105 Å². The van der Waals surface area contributed by atoms with Gasteiger partial charge < -0.3 is 19.7 Å². The summed E-state index contributed by atoms with van der Waals surface area (Å²) in [6.07, 6.45) is -2.21. The number of benzene rings is 10. The lowest BCUT2D eigenvalue weighted by Crippen LogP contribution is -2.53. The fourth-order valence-electron chi connectivity index (χ4n) is 11.3. The fraction of sp³-hybridized carbons (Fsp3) is 0.107. The highest BCUT2D eigenvalue weighted by Crippen LogP contribution is 2.63. The Morgan fingerprint density at radius 3 is 0.950 bits per heavy atom. The molecule has 10 aromatic carbocycles. The second kappa shape index (κ2) is 12.0. The van der Waals surface area contributed by atoms with E-state index in [1.165, 1.54) is 0 Å². The number of rotatable bonds is 3. The molecule has 0 aromatic heterocycles. The summed E-state index contributed by atoms with van der Waals surface area (Å²) in [5.74, 6) is -1.39. The third-order valence-corrected chi connectivity index (χ3v) is 13.9. The minimum absolute atomic E-state index is 0.729. The van der Waals surface area contributed by atoms with Gasteiger partial charge in [0.1, 0.15) is 23.4 Å². The van der Waals surface area contributed by atoms with Crippen molar-refractivity contribution < 1.29 is 19.7 Å². The molecule has 1 saturated heterocycles. The van der Waals surface area contributed by atoms with Crippen molar-refractivity contribution in [3.63, 3.8) is 0 Å². The average Bonchev–Trinajstić information content (AvgIpc) is 3.91. The number of fused-ring (bicyclic) bond motifs is 15. The van der Waals surface area contributed by atoms with Gasteiger partial charge in [-0.3, -0.25) is 0 Å².